The van der Waals surface area contributed by atoms with Gasteiger partial charge in [0.2, 0.25) is 5.91 Å². The predicted octanol–water partition coefficient (Wildman–Crippen LogP) is 0.797. The van der Waals surface area contributed by atoms with Gasteiger partial charge in [-0.05, 0) is 32.4 Å². The van der Waals surface area contributed by atoms with E-state index in [0.29, 0.717) is 12.6 Å². The highest BCUT2D eigenvalue weighted by Crippen LogP contribution is 2.13. The molecule has 0 bridgehead atoms. The van der Waals surface area contributed by atoms with Crippen LogP contribution in [0.4, 0.5) is 4.79 Å². The number of carbonyl (C=O) groups excluding carboxylic acids is 2. The summed E-state index contributed by atoms with van der Waals surface area (Å²) < 4.78 is 0. The van der Waals surface area contributed by atoms with Crippen LogP contribution < -0.4 is 10.6 Å². The van der Waals surface area contributed by atoms with E-state index in [4.69, 9.17) is 5.11 Å². The lowest BCUT2D eigenvalue weighted by atomic mass is 10.0. The van der Waals surface area contributed by atoms with Gasteiger partial charge in [0.05, 0.1) is 0 Å². The number of carboxylic acid groups (broad SMARTS) is 1. The third-order valence-corrected chi connectivity index (χ3v) is 3.73. The van der Waals surface area contributed by atoms with Gasteiger partial charge in [-0.15, -0.1) is 0 Å². The second kappa shape index (κ2) is 8.61. The Labute approximate surface area is 125 Å². The zero-order valence-corrected chi connectivity index (χ0v) is 12.7. The summed E-state index contributed by atoms with van der Waals surface area (Å²) in [4.78, 5) is 35.9. The van der Waals surface area contributed by atoms with Gasteiger partial charge in [0.15, 0.2) is 0 Å². The summed E-state index contributed by atoms with van der Waals surface area (Å²) in [7, 11) is 2.03. The van der Waals surface area contributed by atoms with E-state index in [1.54, 1.807) is 6.92 Å². The molecule has 1 aliphatic heterocycles. The van der Waals surface area contributed by atoms with E-state index in [1.165, 1.54) is 6.42 Å². The summed E-state index contributed by atoms with van der Waals surface area (Å²) in [6.07, 6.45) is 3.33. The summed E-state index contributed by atoms with van der Waals surface area (Å²) in [5, 5.41) is 13.6. The molecule has 21 heavy (non-hydrogen) atoms. The fourth-order valence-corrected chi connectivity index (χ4v) is 2.52. The molecule has 120 valence electrons. The first kappa shape index (κ1) is 17.4. The van der Waals surface area contributed by atoms with E-state index >= 15 is 0 Å². The molecule has 0 spiro atoms. The van der Waals surface area contributed by atoms with Gasteiger partial charge < -0.3 is 15.3 Å². The molecule has 7 heteroatoms. The summed E-state index contributed by atoms with van der Waals surface area (Å²) >= 11 is 0. The van der Waals surface area contributed by atoms with Crippen molar-refractivity contribution in [2.75, 3.05) is 20.1 Å². The number of urea groups is 1. The third kappa shape index (κ3) is 7.08. The Bertz CT molecular complexity index is 386. The number of hydrogen-bond donors (Lipinski definition) is 3. The van der Waals surface area contributed by atoms with E-state index in [0.717, 1.165) is 19.4 Å². The number of carbonyl (C=O) groups is 3. The van der Waals surface area contributed by atoms with Gasteiger partial charge in [0.1, 0.15) is 0 Å². The fraction of sp³-hybridized carbons (Fsp3) is 0.786. The quantitative estimate of drug-likeness (QED) is 0.674. The van der Waals surface area contributed by atoms with Crippen molar-refractivity contribution in [3.05, 3.63) is 0 Å². The number of rotatable bonds is 6. The predicted molar refractivity (Wildman–Crippen MR) is 77.8 cm³/mol. The van der Waals surface area contributed by atoms with Gasteiger partial charge in [-0.25, -0.2) is 4.79 Å². The number of likely N-dealkylation sites (N-methyl/N-ethyl adjacent to an activating group) is 1. The van der Waals surface area contributed by atoms with Crippen LogP contribution >= 0.6 is 0 Å². The van der Waals surface area contributed by atoms with Crippen LogP contribution in [0.3, 0.4) is 0 Å². The lowest BCUT2D eigenvalue weighted by Gasteiger charge is -2.32. The SMILES string of the molecule is CC(CC(=O)O)CC(=O)NC(=O)NCC1CCCCN1C. The van der Waals surface area contributed by atoms with Crippen molar-refractivity contribution in [3.8, 4) is 0 Å². The Morgan fingerprint density at radius 3 is 2.62 bits per heavy atom. The first-order valence-corrected chi connectivity index (χ1v) is 7.38. The highest BCUT2D eigenvalue weighted by Gasteiger charge is 2.20. The van der Waals surface area contributed by atoms with Crippen molar-refractivity contribution in [1.82, 2.24) is 15.5 Å². The molecule has 3 N–H and O–H groups in total. The number of aliphatic carboxylic acids is 1. The lowest BCUT2D eigenvalue weighted by Crippen LogP contribution is -2.48. The van der Waals surface area contributed by atoms with Crippen LogP contribution in [-0.2, 0) is 9.59 Å². The van der Waals surface area contributed by atoms with Gasteiger partial charge in [0, 0.05) is 25.4 Å². The molecule has 0 saturated carbocycles. The largest absolute Gasteiger partial charge is 0.481 e. The molecule has 1 fully saturated rings. The number of likely N-dealkylation sites (tertiary alicyclic amines) is 1. The average Bonchev–Trinajstić information content (AvgIpc) is 2.36. The van der Waals surface area contributed by atoms with Crippen LogP contribution in [0.5, 0.6) is 0 Å². The van der Waals surface area contributed by atoms with E-state index in [2.05, 4.69) is 15.5 Å². The minimum atomic E-state index is -0.944. The molecule has 0 aromatic carbocycles. The highest BCUT2D eigenvalue weighted by molar-refractivity contribution is 5.94. The van der Waals surface area contributed by atoms with Gasteiger partial charge in [-0.1, -0.05) is 13.3 Å². The zero-order valence-electron chi connectivity index (χ0n) is 12.7. The lowest BCUT2D eigenvalue weighted by molar-refractivity contribution is -0.138. The van der Waals surface area contributed by atoms with Crippen molar-refractivity contribution in [2.45, 2.75) is 45.1 Å². The molecule has 1 aliphatic rings. The molecule has 2 atom stereocenters. The second-order valence-electron chi connectivity index (χ2n) is 5.80. The Balaban J connectivity index is 2.23. The number of amides is 3. The Morgan fingerprint density at radius 2 is 2.00 bits per heavy atom. The molecule has 1 heterocycles. The first-order chi connectivity index (χ1) is 9.88. The smallest absolute Gasteiger partial charge is 0.321 e. The Kier molecular flexibility index (Phi) is 7.14. The molecule has 1 rings (SSSR count). The number of nitrogens with zero attached hydrogens (tertiary/aromatic N) is 1. The van der Waals surface area contributed by atoms with E-state index in [1.807, 2.05) is 7.05 Å². The number of hydrogen-bond acceptors (Lipinski definition) is 4. The minimum Gasteiger partial charge on any atom is -0.481 e. The molecular weight excluding hydrogens is 274 g/mol. The molecule has 2 unspecified atom stereocenters. The summed E-state index contributed by atoms with van der Waals surface area (Å²) in [5.74, 6) is -1.68. The molecule has 1 saturated heterocycles. The maximum Gasteiger partial charge on any atom is 0.321 e. The van der Waals surface area contributed by atoms with Crippen LogP contribution in [0, 0.1) is 5.92 Å². The molecular formula is C14H25N3O4. The summed E-state index contributed by atoms with van der Waals surface area (Å²) in [6.45, 7) is 3.21. The van der Waals surface area contributed by atoms with Crippen LogP contribution in [0.1, 0.15) is 39.0 Å². The molecule has 0 aromatic rings. The highest BCUT2D eigenvalue weighted by atomic mass is 16.4. The van der Waals surface area contributed by atoms with Gasteiger partial charge in [-0.2, -0.15) is 0 Å². The molecule has 0 aromatic heterocycles. The van der Waals surface area contributed by atoms with Crippen molar-refractivity contribution in [2.24, 2.45) is 5.92 Å². The Morgan fingerprint density at radius 1 is 1.29 bits per heavy atom. The average molecular weight is 299 g/mol. The van der Waals surface area contributed by atoms with Crippen LogP contribution in [-0.4, -0.2) is 54.1 Å². The van der Waals surface area contributed by atoms with Crippen molar-refractivity contribution in [3.63, 3.8) is 0 Å². The summed E-state index contributed by atoms with van der Waals surface area (Å²) in [5.41, 5.74) is 0. The summed E-state index contributed by atoms with van der Waals surface area (Å²) in [6, 6.07) is -0.202. The minimum absolute atomic E-state index is 0.0308. The van der Waals surface area contributed by atoms with Crippen LogP contribution in [0.2, 0.25) is 0 Å². The van der Waals surface area contributed by atoms with Crippen LogP contribution in [0.25, 0.3) is 0 Å². The monoisotopic (exact) mass is 299 g/mol. The van der Waals surface area contributed by atoms with Crippen molar-refractivity contribution >= 4 is 17.9 Å². The Hall–Kier alpha value is -1.63. The molecule has 3 amide bonds. The molecule has 0 aliphatic carbocycles. The standard InChI is InChI=1S/C14H25N3O4/c1-10(8-13(19)20)7-12(18)16-14(21)15-9-11-5-3-4-6-17(11)2/h10-11H,3-9H2,1-2H3,(H,19,20)(H2,15,16,18,21). The van der Waals surface area contributed by atoms with E-state index in [9.17, 15) is 14.4 Å². The fourth-order valence-electron chi connectivity index (χ4n) is 2.52. The second-order valence-corrected chi connectivity index (χ2v) is 5.80. The third-order valence-electron chi connectivity index (χ3n) is 3.73. The molecule has 7 nitrogen and oxygen atoms in total. The zero-order chi connectivity index (χ0) is 15.8. The van der Waals surface area contributed by atoms with Gasteiger partial charge in [0.25, 0.3) is 0 Å². The maximum absolute atomic E-state index is 11.6. The maximum atomic E-state index is 11.6. The number of imide groups is 1. The van der Waals surface area contributed by atoms with E-state index in [-0.39, 0.29) is 18.8 Å². The number of piperidine rings is 1. The van der Waals surface area contributed by atoms with Gasteiger partial charge in [-0.3, -0.25) is 14.9 Å². The van der Waals surface area contributed by atoms with E-state index < -0.39 is 17.9 Å². The molecule has 0 radical (unpaired) electrons. The normalized spacial score (nSPS) is 20.6. The van der Waals surface area contributed by atoms with Gasteiger partial charge >= 0.3 is 12.0 Å². The van der Waals surface area contributed by atoms with Crippen LogP contribution in [0.15, 0.2) is 0 Å². The number of carboxylic acids is 1. The van der Waals surface area contributed by atoms with Crippen molar-refractivity contribution in [1.29, 1.82) is 0 Å². The first-order valence-electron chi connectivity index (χ1n) is 7.38. The number of nitrogens with one attached hydrogen (secondary N) is 2. The topological polar surface area (TPSA) is 98.7 Å². The van der Waals surface area contributed by atoms with Crippen molar-refractivity contribution < 1.29 is 19.5 Å².